The van der Waals surface area contributed by atoms with Crippen LogP contribution in [0.25, 0.3) is 0 Å². The van der Waals surface area contributed by atoms with Crippen molar-refractivity contribution < 1.29 is 8.42 Å². The SMILES string of the molecule is NCC1CCCCC1NS(=O)(=O)c1ccc(Cl)cc1. The van der Waals surface area contributed by atoms with Crippen LogP contribution in [0.5, 0.6) is 0 Å². The summed E-state index contributed by atoms with van der Waals surface area (Å²) >= 11 is 5.77. The van der Waals surface area contributed by atoms with E-state index in [9.17, 15) is 8.42 Å². The lowest BCUT2D eigenvalue weighted by Crippen LogP contribution is -2.44. The molecule has 0 amide bonds. The third-order valence-electron chi connectivity index (χ3n) is 3.64. The van der Waals surface area contributed by atoms with E-state index in [4.69, 9.17) is 17.3 Å². The molecular weight excluding hydrogens is 284 g/mol. The Balaban J connectivity index is 2.14. The molecule has 1 saturated carbocycles. The Hall–Kier alpha value is -0.620. The topological polar surface area (TPSA) is 72.2 Å². The summed E-state index contributed by atoms with van der Waals surface area (Å²) < 4.78 is 27.3. The van der Waals surface area contributed by atoms with Crippen molar-refractivity contribution >= 4 is 21.6 Å². The number of hydrogen-bond donors (Lipinski definition) is 2. The highest BCUT2D eigenvalue weighted by molar-refractivity contribution is 7.89. The highest BCUT2D eigenvalue weighted by Crippen LogP contribution is 2.25. The van der Waals surface area contributed by atoms with E-state index in [2.05, 4.69) is 4.72 Å². The van der Waals surface area contributed by atoms with Crippen molar-refractivity contribution in [1.29, 1.82) is 0 Å². The molecule has 19 heavy (non-hydrogen) atoms. The minimum Gasteiger partial charge on any atom is -0.330 e. The third-order valence-corrected chi connectivity index (χ3v) is 5.40. The smallest absolute Gasteiger partial charge is 0.240 e. The van der Waals surface area contributed by atoms with Crippen molar-refractivity contribution in [2.45, 2.75) is 36.6 Å². The molecule has 1 aliphatic carbocycles. The first-order valence-electron chi connectivity index (χ1n) is 6.51. The van der Waals surface area contributed by atoms with Crippen LogP contribution in [-0.2, 0) is 10.0 Å². The number of hydrogen-bond acceptors (Lipinski definition) is 3. The number of sulfonamides is 1. The van der Waals surface area contributed by atoms with Gasteiger partial charge in [-0.05, 0) is 49.6 Å². The lowest BCUT2D eigenvalue weighted by molar-refractivity contribution is 0.296. The van der Waals surface area contributed by atoms with Gasteiger partial charge in [-0.2, -0.15) is 0 Å². The van der Waals surface area contributed by atoms with Crippen molar-refractivity contribution in [2.75, 3.05) is 6.54 Å². The summed E-state index contributed by atoms with van der Waals surface area (Å²) in [7, 11) is -3.48. The van der Waals surface area contributed by atoms with E-state index in [1.807, 2.05) is 0 Å². The van der Waals surface area contributed by atoms with Gasteiger partial charge in [0, 0.05) is 11.1 Å². The molecule has 2 atom stereocenters. The van der Waals surface area contributed by atoms with Gasteiger partial charge in [0.25, 0.3) is 0 Å². The summed E-state index contributed by atoms with van der Waals surface area (Å²) in [6.45, 7) is 0.522. The lowest BCUT2D eigenvalue weighted by Gasteiger charge is -2.31. The average Bonchev–Trinajstić information content (AvgIpc) is 2.39. The van der Waals surface area contributed by atoms with Crippen LogP contribution in [0.3, 0.4) is 0 Å². The van der Waals surface area contributed by atoms with Crippen LogP contribution in [0, 0.1) is 5.92 Å². The van der Waals surface area contributed by atoms with Crippen LogP contribution < -0.4 is 10.5 Å². The summed E-state index contributed by atoms with van der Waals surface area (Å²) in [4.78, 5) is 0.248. The highest BCUT2D eigenvalue weighted by atomic mass is 35.5. The number of benzene rings is 1. The molecule has 1 aliphatic rings. The fourth-order valence-corrected chi connectivity index (χ4v) is 3.99. The Morgan fingerprint density at radius 2 is 1.84 bits per heavy atom. The molecule has 106 valence electrons. The Morgan fingerprint density at radius 3 is 2.47 bits per heavy atom. The molecule has 4 nitrogen and oxygen atoms in total. The van der Waals surface area contributed by atoms with E-state index in [1.165, 1.54) is 12.1 Å². The number of rotatable bonds is 4. The second-order valence-corrected chi connectivity index (χ2v) is 7.11. The second-order valence-electron chi connectivity index (χ2n) is 4.96. The van der Waals surface area contributed by atoms with E-state index in [-0.39, 0.29) is 16.9 Å². The molecule has 1 aromatic rings. The first-order valence-corrected chi connectivity index (χ1v) is 8.37. The molecule has 0 bridgehead atoms. The summed E-state index contributed by atoms with van der Waals surface area (Å²) in [5.74, 6) is 0.232. The predicted molar refractivity (Wildman–Crippen MR) is 76.6 cm³/mol. The zero-order valence-electron chi connectivity index (χ0n) is 10.7. The Kier molecular flexibility index (Phi) is 4.84. The molecule has 0 spiro atoms. The molecule has 0 heterocycles. The first kappa shape index (κ1) is 14.8. The maximum Gasteiger partial charge on any atom is 0.240 e. The van der Waals surface area contributed by atoms with Crippen molar-refractivity contribution in [3.63, 3.8) is 0 Å². The largest absolute Gasteiger partial charge is 0.330 e. The van der Waals surface area contributed by atoms with Gasteiger partial charge in [0.2, 0.25) is 10.0 Å². The first-order chi connectivity index (χ1) is 9.03. The van der Waals surface area contributed by atoms with Gasteiger partial charge in [0.05, 0.1) is 4.90 Å². The Labute approximate surface area is 119 Å². The number of nitrogens with two attached hydrogens (primary N) is 1. The van der Waals surface area contributed by atoms with Crippen molar-refractivity contribution in [1.82, 2.24) is 4.72 Å². The average molecular weight is 303 g/mol. The molecule has 0 saturated heterocycles. The van der Waals surface area contributed by atoms with E-state index < -0.39 is 10.0 Å². The molecule has 1 aromatic carbocycles. The van der Waals surface area contributed by atoms with Crippen LogP contribution in [0.2, 0.25) is 5.02 Å². The monoisotopic (exact) mass is 302 g/mol. The van der Waals surface area contributed by atoms with Crippen molar-refractivity contribution in [3.05, 3.63) is 29.3 Å². The van der Waals surface area contributed by atoms with Crippen LogP contribution in [0.4, 0.5) is 0 Å². The maximum atomic E-state index is 12.3. The highest BCUT2D eigenvalue weighted by Gasteiger charge is 2.28. The lowest BCUT2D eigenvalue weighted by atomic mass is 9.85. The normalized spacial score (nSPS) is 24.3. The Morgan fingerprint density at radius 1 is 1.21 bits per heavy atom. The molecule has 0 aliphatic heterocycles. The van der Waals surface area contributed by atoms with E-state index >= 15 is 0 Å². The third kappa shape index (κ3) is 3.69. The minimum absolute atomic E-state index is 0.0561. The molecule has 3 N–H and O–H groups in total. The van der Waals surface area contributed by atoms with Crippen LogP contribution in [-0.4, -0.2) is 21.0 Å². The number of halogens is 1. The van der Waals surface area contributed by atoms with Gasteiger partial charge in [0.1, 0.15) is 0 Å². The van der Waals surface area contributed by atoms with E-state index in [1.54, 1.807) is 12.1 Å². The summed E-state index contributed by atoms with van der Waals surface area (Å²) in [6.07, 6.45) is 4.02. The zero-order chi connectivity index (χ0) is 13.9. The summed E-state index contributed by atoms with van der Waals surface area (Å²) in [5.41, 5.74) is 5.72. The Bertz CT molecular complexity index is 516. The molecule has 2 rings (SSSR count). The van der Waals surface area contributed by atoms with Gasteiger partial charge in [-0.15, -0.1) is 0 Å². The molecule has 6 heteroatoms. The maximum absolute atomic E-state index is 12.3. The van der Waals surface area contributed by atoms with Gasteiger partial charge in [-0.3, -0.25) is 0 Å². The molecule has 0 aromatic heterocycles. The predicted octanol–water partition coefficient (Wildman–Crippen LogP) is 2.14. The van der Waals surface area contributed by atoms with Gasteiger partial charge in [0.15, 0.2) is 0 Å². The number of nitrogens with one attached hydrogen (secondary N) is 1. The van der Waals surface area contributed by atoms with Crippen molar-refractivity contribution in [3.8, 4) is 0 Å². The minimum atomic E-state index is -3.48. The fourth-order valence-electron chi connectivity index (χ4n) is 2.53. The summed E-state index contributed by atoms with van der Waals surface area (Å²) in [5, 5.41) is 0.524. The van der Waals surface area contributed by atoms with Gasteiger partial charge >= 0.3 is 0 Å². The molecule has 1 fully saturated rings. The molecule has 2 unspecified atom stereocenters. The summed E-state index contributed by atoms with van der Waals surface area (Å²) in [6, 6.07) is 6.14. The van der Waals surface area contributed by atoms with Crippen LogP contribution in [0.15, 0.2) is 29.2 Å². The van der Waals surface area contributed by atoms with Gasteiger partial charge in [-0.25, -0.2) is 13.1 Å². The molecular formula is C13H19ClN2O2S. The second kappa shape index (κ2) is 6.22. The van der Waals surface area contributed by atoms with E-state index in [0.29, 0.717) is 11.6 Å². The van der Waals surface area contributed by atoms with Gasteiger partial charge < -0.3 is 5.73 Å². The van der Waals surface area contributed by atoms with Gasteiger partial charge in [-0.1, -0.05) is 24.4 Å². The standard InChI is InChI=1S/C13H19ClN2O2S/c14-11-5-7-12(8-6-11)19(17,18)16-13-4-2-1-3-10(13)9-15/h5-8,10,13,16H,1-4,9,15H2. The fraction of sp³-hybridized carbons (Fsp3) is 0.538. The zero-order valence-corrected chi connectivity index (χ0v) is 12.3. The van der Waals surface area contributed by atoms with Crippen molar-refractivity contribution in [2.24, 2.45) is 11.7 Å². The molecule has 0 radical (unpaired) electrons. The van der Waals surface area contributed by atoms with Crippen LogP contribution >= 0.6 is 11.6 Å². The van der Waals surface area contributed by atoms with Crippen LogP contribution in [0.1, 0.15) is 25.7 Å². The quantitative estimate of drug-likeness (QED) is 0.895. The van der Waals surface area contributed by atoms with E-state index in [0.717, 1.165) is 25.7 Å².